The molecule has 0 radical (unpaired) electrons. The Balaban J connectivity index is 2.56. The Bertz CT molecular complexity index is 395. The van der Waals surface area contributed by atoms with Crippen LogP contribution >= 0.6 is 15.9 Å². The summed E-state index contributed by atoms with van der Waals surface area (Å²) in [5.74, 6) is 0.200. The Morgan fingerprint density at radius 1 is 1.41 bits per heavy atom. The average Bonchev–Trinajstić information content (AvgIpc) is 2.15. The van der Waals surface area contributed by atoms with Crippen molar-refractivity contribution in [3.8, 4) is 0 Å². The minimum Gasteiger partial charge on any atom is -0.327 e. The molecule has 1 rings (SSSR count). The highest BCUT2D eigenvalue weighted by molar-refractivity contribution is 9.10. The topological polar surface area (TPSA) is 43.1 Å². The molecule has 94 valence electrons. The molecule has 0 bridgehead atoms. The van der Waals surface area contributed by atoms with Crippen molar-refractivity contribution >= 4 is 21.7 Å². The number of carbonyl (C=O) groups excluding carboxylic acids is 1. The van der Waals surface area contributed by atoms with Gasteiger partial charge in [0.25, 0.3) is 0 Å². The van der Waals surface area contributed by atoms with Gasteiger partial charge in [-0.25, -0.2) is 0 Å². The molecular weight excluding hydrogens is 278 g/mol. The van der Waals surface area contributed by atoms with Crippen LogP contribution in [-0.4, -0.2) is 11.8 Å². The standard InChI is InChI=1S/C14H20BrNO/c1-14(2,3)13(16)9-12(17)8-10-5-4-6-11(15)7-10/h4-7,13H,8-9,16H2,1-3H3. The zero-order chi connectivity index (χ0) is 13.1. The molecule has 0 aromatic heterocycles. The summed E-state index contributed by atoms with van der Waals surface area (Å²) in [5, 5.41) is 0. The summed E-state index contributed by atoms with van der Waals surface area (Å²) in [6.07, 6.45) is 0.902. The largest absolute Gasteiger partial charge is 0.327 e. The van der Waals surface area contributed by atoms with Crippen LogP contribution in [0.15, 0.2) is 28.7 Å². The van der Waals surface area contributed by atoms with E-state index in [0.717, 1.165) is 10.0 Å². The van der Waals surface area contributed by atoms with Gasteiger partial charge >= 0.3 is 0 Å². The van der Waals surface area contributed by atoms with Crippen LogP contribution in [0, 0.1) is 5.41 Å². The highest BCUT2D eigenvalue weighted by atomic mass is 79.9. The van der Waals surface area contributed by atoms with E-state index in [0.29, 0.717) is 12.8 Å². The van der Waals surface area contributed by atoms with Crippen LogP contribution < -0.4 is 5.73 Å². The lowest BCUT2D eigenvalue weighted by molar-refractivity contribution is -0.119. The fraction of sp³-hybridized carbons (Fsp3) is 0.500. The predicted molar refractivity (Wildman–Crippen MR) is 74.9 cm³/mol. The lowest BCUT2D eigenvalue weighted by Crippen LogP contribution is -2.37. The number of benzene rings is 1. The molecule has 1 aromatic rings. The Labute approximate surface area is 112 Å². The molecule has 0 fully saturated rings. The third-order valence-electron chi connectivity index (χ3n) is 2.85. The van der Waals surface area contributed by atoms with E-state index in [4.69, 9.17) is 5.73 Å². The fourth-order valence-electron chi connectivity index (χ4n) is 1.50. The molecule has 0 saturated heterocycles. The van der Waals surface area contributed by atoms with Crippen LogP contribution in [0.1, 0.15) is 32.8 Å². The second-order valence-electron chi connectivity index (χ2n) is 5.52. The van der Waals surface area contributed by atoms with Crippen molar-refractivity contribution in [3.63, 3.8) is 0 Å². The summed E-state index contributed by atoms with van der Waals surface area (Å²) in [4.78, 5) is 11.9. The third-order valence-corrected chi connectivity index (χ3v) is 3.34. The minimum absolute atomic E-state index is 0.0209. The third kappa shape index (κ3) is 5.00. The van der Waals surface area contributed by atoms with Crippen LogP contribution in [0.5, 0.6) is 0 Å². The van der Waals surface area contributed by atoms with Crippen molar-refractivity contribution in [1.29, 1.82) is 0 Å². The Hall–Kier alpha value is -0.670. The molecule has 17 heavy (non-hydrogen) atoms. The van der Waals surface area contributed by atoms with Gasteiger partial charge in [-0.2, -0.15) is 0 Å². The van der Waals surface area contributed by atoms with Crippen LogP contribution in [-0.2, 0) is 11.2 Å². The number of rotatable bonds is 4. The molecule has 0 aliphatic rings. The van der Waals surface area contributed by atoms with Gasteiger partial charge in [-0.1, -0.05) is 48.8 Å². The van der Waals surface area contributed by atoms with E-state index in [2.05, 4.69) is 36.7 Å². The highest BCUT2D eigenvalue weighted by Crippen LogP contribution is 2.21. The van der Waals surface area contributed by atoms with Crippen molar-refractivity contribution < 1.29 is 4.79 Å². The van der Waals surface area contributed by atoms with Gasteiger partial charge in [0.2, 0.25) is 0 Å². The van der Waals surface area contributed by atoms with E-state index in [1.165, 1.54) is 0 Å². The Kier molecular flexibility index (Phi) is 4.90. The molecule has 1 unspecified atom stereocenters. The maximum absolute atomic E-state index is 11.9. The van der Waals surface area contributed by atoms with Crippen molar-refractivity contribution in [3.05, 3.63) is 34.3 Å². The van der Waals surface area contributed by atoms with Crippen molar-refractivity contribution in [1.82, 2.24) is 0 Å². The van der Waals surface area contributed by atoms with Gasteiger partial charge in [0.15, 0.2) is 0 Å². The lowest BCUT2D eigenvalue weighted by atomic mass is 9.84. The van der Waals surface area contributed by atoms with Crippen molar-refractivity contribution in [2.24, 2.45) is 11.1 Å². The van der Waals surface area contributed by atoms with Gasteiger partial charge in [0.05, 0.1) is 0 Å². The second-order valence-corrected chi connectivity index (χ2v) is 6.44. The molecule has 1 atom stereocenters. The summed E-state index contributed by atoms with van der Waals surface area (Å²) in [7, 11) is 0. The maximum Gasteiger partial charge on any atom is 0.138 e. The van der Waals surface area contributed by atoms with Crippen molar-refractivity contribution in [2.75, 3.05) is 0 Å². The van der Waals surface area contributed by atoms with E-state index in [1.807, 2.05) is 24.3 Å². The average molecular weight is 298 g/mol. The first-order valence-electron chi connectivity index (χ1n) is 5.81. The number of hydrogen-bond donors (Lipinski definition) is 1. The van der Waals surface area contributed by atoms with Crippen LogP contribution in [0.3, 0.4) is 0 Å². The molecule has 0 aliphatic heterocycles. The first-order valence-corrected chi connectivity index (χ1v) is 6.60. The summed E-state index contributed by atoms with van der Waals surface area (Å²) < 4.78 is 1.00. The van der Waals surface area contributed by atoms with E-state index >= 15 is 0 Å². The summed E-state index contributed by atoms with van der Waals surface area (Å²) >= 11 is 3.40. The fourth-order valence-corrected chi connectivity index (χ4v) is 1.94. The first kappa shape index (κ1) is 14.4. The lowest BCUT2D eigenvalue weighted by Gasteiger charge is -2.26. The molecule has 0 saturated carbocycles. The summed E-state index contributed by atoms with van der Waals surface area (Å²) in [5.41, 5.74) is 7.02. The van der Waals surface area contributed by atoms with Gasteiger partial charge in [0.1, 0.15) is 5.78 Å². The molecule has 0 aliphatic carbocycles. The van der Waals surface area contributed by atoms with E-state index in [9.17, 15) is 4.79 Å². The maximum atomic E-state index is 11.9. The molecular formula is C14H20BrNO. The van der Waals surface area contributed by atoms with Gasteiger partial charge in [-0.05, 0) is 23.1 Å². The molecule has 3 heteroatoms. The number of Topliss-reactive ketones (excluding diaryl/α,β-unsaturated/α-hetero) is 1. The van der Waals surface area contributed by atoms with Gasteiger partial charge < -0.3 is 5.73 Å². The SMILES string of the molecule is CC(C)(C)C(N)CC(=O)Cc1cccc(Br)c1. The van der Waals surface area contributed by atoms with Gasteiger partial charge in [-0.3, -0.25) is 4.79 Å². The number of carbonyl (C=O) groups is 1. The Morgan fingerprint density at radius 2 is 2.06 bits per heavy atom. The summed E-state index contributed by atoms with van der Waals surface area (Å²) in [6.45, 7) is 6.18. The number of hydrogen-bond acceptors (Lipinski definition) is 2. The second kappa shape index (κ2) is 5.78. The van der Waals surface area contributed by atoms with Crippen LogP contribution in [0.4, 0.5) is 0 Å². The quantitative estimate of drug-likeness (QED) is 0.926. The molecule has 0 spiro atoms. The highest BCUT2D eigenvalue weighted by Gasteiger charge is 2.22. The zero-order valence-electron chi connectivity index (χ0n) is 10.7. The summed E-state index contributed by atoms with van der Waals surface area (Å²) in [6, 6.07) is 7.75. The molecule has 2 nitrogen and oxygen atoms in total. The zero-order valence-corrected chi connectivity index (χ0v) is 12.3. The number of ketones is 1. The molecule has 2 N–H and O–H groups in total. The van der Waals surface area contributed by atoms with Crippen LogP contribution in [0.25, 0.3) is 0 Å². The Morgan fingerprint density at radius 3 is 2.59 bits per heavy atom. The van der Waals surface area contributed by atoms with Gasteiger partial charge in [-0.15, -0.1) is 0 Å². The number of halogens is 1. The number of nitrogens with two attached hydrogens (primary N) is 1. The monoisotopic (exact) mass is 297 g/mol. The van der Waals surface area contributed by atoms with E-state index in [1.54, 1.807) is 0 Å². The predicted octanol–water partition coefficient (Wildman–Crippen LogP) is 3.32. The first-order chi connectivity index (χ1) is 7.79. The normalized spacial score (nSPS) is 13.5. The molecule has 1 aromatic carbocycles. The minimum atomic E-state index is -0.0813. The smallest absolute Gasteiger partial charge is 0.138 e. The molecule has 0 amide bonds. The van der Waals surface area contributed by atoms with E-state index < -0.39 is 0 Å². The van der Waals surface area contributed by atoms with Crippen LogP contribution in [0.2, 0.25) is 0 Å². The van der Waals surface area contributed by atoms with Crippen molar-refractivity contribution in [2.45, 2.75) is 39.7 Å². The van der Waals surface area contributed by atoms with E-state index in [-0.39, 0.29) is 17.2 Å². The molecule has 0 heterocycles. The van der Waals surface area contributed by atoms with Gasteiger partial charge in [0, 0.05) is 23.4 Å².